The summed E-state index contributed by atoms with van der Waals surface area (Å²) in [6.07, 6.45) is 5.28. The van der Waals surface area contributed by atoms with Crippen molar-refractivity contribution in [1.82, 2.24) is 5.32 Å². The third kappa shape index (κ3) is 4.95. The van der Waals surface area contributed by atoms with Gasteiger partial charge >= 0.3 is 6.09 Å². The van der Waals surface area contributed by atoms with Crippen LogP contribution in [0.4, 0.5) is 25.0 Å². The molecular formula is C25H23F2N3O3. The Morgan fingerprint density at radius 3 is 2.55 bits per heavy atom. The molecule has 0 unspecified atom stereocenters. The summed E-state index contributed by atoms with van der Waals surface area (Å²) in [5, 5.41) is 2.46. The van der Waals surface area contributed by atoms with E-state index in [1.54, 1.807) is 24.3 Å². The molecule has 0 aliphatic carbocycles. The Kier molecular flexibility index (Phi) is 6.26. The summed E-state index contributed by atoms with van der Waals surface area (Å²) in [6, 6.07) is 10.6. The zero-order valence-electron chi connectivity index (χ0n) is 18.3. The van der Waals surface area contributed by atoms with E-state index >= 15 is 4.39 Å². The molecule has 1 saturated heterocycles. The third-order valence-corrected chi connectivity index (χ3v) is 5.41. The normalized spacial score (nSPS) is 17.5. The van der Waals surface area contributed by atoms with Crippen molar-refractivity contribution in [1.29, 1.82) is 0 Å². The predicted molar refractivity (Wildman–Crippen MR) is 122 cm³/mol. The minimum atomic E-state index is -0.653. The van der Waals surface area contributed by atoms with Crippen molar-refractivity contribution in [3.05, 3.63) is 89.3 Å². The van der Waals surface area contributed by atoms with E-state index in [-0.39, 0.29) is 24.0 Å². The molecule has 1 fully saturated rings. The second kappa shape index (κ2) is 9.28. The lowest BCUT2D eigenvalue weighted by Crippen LogP contribution is -2.25. The molecule has 1 N–H and O–H groups in total. The van der Waals surface area contributed by atoms with Gasteiger partial charge in [-0.3, -0.25) is 9.69 Å². The highest BCUT2D eigenvalue weighted by molar-refractivity contribution is 5.92. The number of carbonyl (C=O) groups excluding carboxylic acids is 2. The lowest BCUT2D eigenvalue weighted by atomic mass is 10.1. The van der Waals surface area contributed by atoms with Gasteiger partial charge in [0.15, 0.2) is 0 Å². The van der Waals surface area contributed by atoms with E-state index in [0.29, 0.717) is 17.9 Å². The first-order valence-corrected chi connectivity index (χ1v) is 10.5. The van der Waals surface area contributed by atoms with Crippen LogP contribution in [-0.2, 0) is 9.53 Å². The van der Waals surface area contributed by atoms with Crippen LogP contribution in [0.15, 0.2) is 72.1 Å². The van der Waals surface area contributed by atoms with Crippen LogP contribution in [0.5, 0.6) is 0 Å². The van der Waals surface area contributed by atoms with Crippen LogP contribution >= 0.6 is 0 Å². The van der Waals surface area contributed by atoms with E-state index in [0.717, 1.165) is 23.3 Å². The minimum absolute atomic E-state index is 0.0749. The summed E-state index contributed by atoms with van der Waals surface area (Å²) in [5.41, 5.74) is 3.34. The number of hydrogen-bond acceptors (Lipinski definition) is 4. The van der Waals surface area contributed by atoms with Gasteiger partial charge in [-0.15, -0.1) is 0 Å². The lowest BCUT2D eigenvalue weighted by Gasteiger charge is -2.28. The summed E-state index contributed by atoms with van der Waals surface area (Å²) >= 11 is 0. The average Bonchev–Trinajstić information content (AvgIpc) is 3.05. The van der Waals surface area contributed by atoms with Crippen molar-refractivity contribution in [2.45, 2.75) is 20.3 Å². The molecule has 0 spiro atoms. The molecule has 170 valence electrons. The van der Waals surface area contributed by atoms with E-state index in [1.165, 1.54) is 36.2 Å². The number of rotatable bonds is 4. The molecule has 6 nitrogen and oxygen atoms in total. The molecule has 0 atom stereocenters. The van der Waals surface area contributed by atoms with Crippen LogP contribution in [0.25, 0.3) is 5.70 Å². The van der Waals surface area contributed by atoms with Crippen LogP contribution in [0, 0.1) is 11.6 Å². The molecule has 33 heavy (non-hydrogen) atoms. The van der Waals surface area contributed by atoms with Gasteiger partial charge in [0.05, 0.1) is 17.9 Å². The highest BCUT2D eigenvalue weighted by atomic mass is 19.1. The van der Waals surface area contributed by atoms with Gasteiger partial charge in [0.1, 0.15) is 17.4 Å². The predicted octanol–water partition coefficient (Wildman–Crippen LogP) is 5.10. The van der Waals surface area contributed by atoms with E-state index in [9.17, 15) is 14.0 Å². The van der Waals surface area contributed by atoms with Crippen LogP contribution in [0.1, 0.15) is 25.8 Å². The van der Waals surface area contributed by atoms with Crippen molar-refractivity contribution in [2.75, 3.05) is 22.9 Å². The number of nitrogens with zero attached hydrogens (tertiary/aromatic N) is 2. The van der Waals surface area contributed by atoms with Gasteiger partial charge in [-0.2, -0.15) is 0 Å². The van der Waals surface area contributed by atoms with Gasteiger partial charge in [-0.05, 0) is 67.4 Å². The smallest absolute Gasteiger partial charge is 0.411 e. The summed E-state index contributed by atoms with van der Waals surface area (Å²) in [6.45, 7) is 3.96. The zero-order valence-corrected chi connectivity index (χ0v) is 18.3. The number of nitrogens with one attached hydrogen (secondary N) is 1. The SMILES string of the molecule is CC(=O)N/C=C1/CN(c2ccc(N3CCC(C)=CC=C3c3ccc(F)cc3)c(F)c2)C(=O)O1. The minimum Gasteiger partial charge on any atom is -0.411 e. The Morgan fingerprint density at radius 2 is 1.85 bits per heavy atom. The number of ether oxygens (including phenoxy) is 1. The maximum Gasteiger partial charge on any atom is 0.419 e. The Morgan fingerprint density at radius 1 is 1.09 bits per heavy atom. The molecule has 2 aliphatic rings. The highest BCUT2D eigenvalue weighted by Crippen LogP contribution is 2.34. The van der Waals surface area contributed by atoms with E-state index in [1.807, 2.05) is 24.0 Å². The first-order valence-electron chi connectivity index (χ1n) is 10.5. The molecule has 4 rings (SSSR count). The molecular weight excluding hydrogens is 428 g/mol. The van der Waals surface area contributed by atoms with E-state index in [4.69, 9.17) is 4.74 Å². The standard InChI is InChI=1S/C25H23F2N3O3/c1-16-3-9-23(18-4-6-19(26)7-5-18)29(12-11-16)24-10-8-20(13-22(24)27)30-15-21(33-25(30)32)14-28-17(2)31/h3-10,13-14H,11-12,15H2,1-2H3,(H,28,31)/b21-14-. The van der Waals surface area contributed by atoms with Crippen LogP contribution in [-0.4, -0.2) is 25.1 Å². The summed E-state index contributed by atoms with van der Waals surface area (Å²) in [7, 11) is 0. The van der Waals surface area contributed by atoms with Gasteiger partial charge in [-0.25, -0.2) is 13.6 Å². The van der Waals surface area contributed by atoms with Crippen LogP contribution < -0.4 is 15.1 Å². The van der Waals surface area contributed by atoms with Gasteiger partial charge in [0.2, 0.25) is 5.91 Å². The maximum atomic E-state index is 15.4. The highest BCUT2D eigenvalue weighted by Gasteiger charge is 2.29. The van der Waals surface area contributed by atoms with Gasteiger partial charge in [-0.1, -0.05) is 11.6 Å². The molecule has 2 aromatic rings. The Balaban J connectivity index is 1.63. The molecule has 2 aromatic carbocycles. The maximum absolute atomic E-state index is 15.4. The summed E-state index contributed by atoms with van der Waals surface area (Å²) in [4.78, 5) is 26.4. The molecule has 0 saturated carbocycles. The molecule has 2 amide bonds. The number of allylic oxidation sites excluding steroid dienone is 2. The fraction of sp³-hybridized carbons (Fsp3) is 0.200. The van der Waals surface area contributed by atoms with Crippen molar-refractivity contribution in [3.63, 3.8) is 0 Å². The van der Waals surface area contributed by atoms with Crippen molar-refractivity contribution >= 4 is 29.1 Å². The summed E-state index contributed by atoms with van der Waals surface area (Å²) < 4.78 is 33.9. The van der Waals surface area contributed by atoms with E-state index < -0.39 is 11.9 Å². The summed E-state index contributed by atoms with van der Waals surface area (Å²) in [5.74, 6) is -0.881. The third-order valence-electron chi connectivity index (χ3n) is 5.41. The van der Waals surface area contributed by atoms with Crippen LogP contribution in [0.2, 0.25) is 0 Å². The monoisotopic (exact) mass is 451 g/mol. The number of anilines is 2. The number of amides is 2. The Bertz CT molecular complexity index is 1190. The fourth-order valence-corrected chi connectivity index (χ4v) is 3.68. The first-order chi connectivity index (χ1) is 15.8. The number of halogens is 2. The largest absolute Gasteiger partial charge is 0.419 e. The fourth-order valence-electron chi connectivity index (χ4n) is 3.68. The first kappa shape index (κ1) is 22.3. The number of hydrogen-bond donors (Lipinski definition) is 1. The van der Waals surface area contributed by atoms with E-state index in [2.05, 4.69) is 5.32 Å². The average molecular weight is 451 g/mol. The molecule has 0 bridgehead atoms. The van der Waals surface area contributed by atoms with Crippen LogP contribution in [0.3, 0.4) is 0 Å². The second-order valence-corrected chi connectivity index (χ2v) is 7.87. The molecule has 0 aromatic heterocycles. The van der Waals surface area contributed by atoms with Gasteiger partial charge in [0, 0.05) is 25.4 Å². The van der Waals surface area contributed by atoms with Crippen molar-refractivity contribution in [2.24, 2.45) is 0 Å². The number of cyclic esters (lactones) is 1. The second-order valence-electron chi connectivity index (χ2n) is 7.87. The number of carbonyl (C=O) groups is 2. The molecule has 0 radical (unpaired) electrons. The van der Waals surface area contributed by atoms with Gasteiger partial charge < -0.3 is 15.0 Å². The topological polar surface area (TPSA) is 61.9 Å². The molecule has 2 heterocycles. The van der Waals surface area contributed by atoms with Crippen molar-refractivity contribution in [3.8, 4) is 0 Å². The Hall–Kier alpha value is -3.94. The quantitative estimate of drug-likeness (QED) is 0.703. The van der Waals surface area contributed by atoms with Crippen molar-refractivity contribution < 1.29 is 23.1 Å². The molecule has 8 heteroatoms. The number of benzene rings is 2. The Labute approximate surface area is 190 Å². The van der Waals surface area contributed by atoms with Gasteiger partial charge in [0.25, 0.3) is 0 Å². The molecule has 2 aliphatic heterocycles. The zero-order chi connectivity index (χ0) is 23.5. The lowest BCUT2D eigenvalue weighted by molar-refractivity contribution is -0.118.